The number of nitrogens with zero attached hydrogens (tertiary/aromatic N) is 1. The standard InChI is InChI=1S/C34H68NO5Si/c1-4-6-8-10-12-14-16-18-23-35(3,24-19-17-15-13-11-9-7-5-2)25-20-26-41(38-27-32-21-22-32,39-30-33-28-36-33)40-31-34-29-37-34/h32-34H,4-31H2,1-3H3/q+1. The molecular weight excluding hydrogens is 530 g/mol. The van der Waals surface area contributed by atoms with Crippen molar-refractivity contribution in [3.8, 4) is 0 Å². The summed E-state index contributed by atoms with van der Waals surface area (Å²) in [6, 6.07) is 0.919. The molecule has 3 fully saturated rings. The molecule has 0 bridgehead atoms. The monoisotopic (exact) mass is 598 g/mol. The fraction of sp³-hybridized carbons (Fsp3) is 1.00. The van der Waals surface area contributed by atoms with E-state index >= 15 is 0 Å². The molecule has 242 valence electrons. The summed E-state index contributed by atoms with van der Waals surface area (Å²) in [4.78, 5) is 0. The molecule has 1 saturated carbocycles. The number of ether oxygens (including phenoxy) is 2. The number of unbranched alkanes of at least 4 members (excludes halogenated alkanes) is 14. The van der Waals surface area contributed by atoms with Crippen LogP contribution in [0.4, 0.5) is 0 Å². The Balaban J connectivity index is 1.46. The van der Waals surface area contributed by atoms with Gasteiger partial charge in [-0.05, 0) is 44.4 Å². The van der Waals surface area contributed by atoms with Gasteiger partial charge < -0.3 is 27.2 Å². The van der Waals surface area contributed by atoms with Gasteiger partial charge in [-0.25, -0.2) is 0 Å². The van der Waals surface area contributed by atoms with E-state index in [9.17, 15) is 0 Å². The van der Waals surface area contributed by atoms with E-state index < -0.39 is 8.80 Å². The number of rotatable bonds is 31. The first-order valence-corrected chi connectivity index (χ1v) is 20.0. The van der Waals surface area contributed by atoms with Crippen LogP contribution in [0, 0.1) is 5.92 Å². The summed E-state index contributed by atoms with van der Waals surface area (Å²) in [6.45, 7) is 12.1. The number of hydrogen-bond donors (Lipinski definition) is 0. The molecule has 6 nitrogen and oxygen atoms in total. The zero-order valence-electron chi connectivity index (χ0n) is 27.5. The summed E-state index contributed by atoms with van der Waals surface area (Å²) in [5.74, 6) is 0.702. The second kappa shape index (κ2) is 20.8. The summed E-state index contributed by atoms with van der Waals surface area (Å²) < 4.78 is 31.8. The van der Waals surface area contributed by atoms with Crippen LogP contribution in [-0.2, 0) is 22.8 Å². The molecule has 3 rings (SSSR count). The molecule has 2 heterocycles. The van der Waals surface area contributed by atoms with Crippen LogP contribution in [0.2, 0.25) is 6.04 Å². The highest BCUT2D eigenvalue weighted by Gasteiger charge is 2.46. The van der Waals surface area contributed by atoms with Gasteiger partial charge in [0.1, 0.15) is 12.2 Å². The minimum Gasteiger partial charge on any atom is -0.373 e. The van der Waals surface area contributed by atoms with Gasteiger partial charge in [0, 0.05) is 19.1 Å². The van der Waals surface area contributed by atoms with Gasteiger partial charge in [-0.2, -0.15) is 0 Å². The van der Waals surface area contributed by atoms with Crippen molar-refractivity contribution >= 4 is 8.80 Å². The first-order chi connectivity index (χ1) is 20.1. The topological polar surface area (TPSA) is 52.8 Å². The zero-order chi connectivity index (χ0) is 29.1. The summed E-state index contributed by atoms with van der Waals surface area (Å²) in [7, 11) is -0.231. The fourth-order valence-electron chi connectivity index (χ4n) is 5.91. The molecule has 0 aromatic heterocycles. The van der Waals surface area contributed by atoms with Crippen LogP contribution in [-0.4, -0.2) is 85.2 Å². The second-order valence-electron chi connectivity index (χ2n) is 13.8. The summed E-state index contributed by atoms with van der Waals surface area (Å²) in [5, 5.41) is 0. The molecule has 0 aromatic rings. The van der Waals surface area contributed by atoms with E-state index in [0.29, 0.717) is 19.1 Å². The average molecular weight is 599 g/mol. The molecule has 0 amide bonds. The van der Waals surface area contributed by atoms with E-state index in [0.717, 1.165) is 32.3 Å². The zero-order valence-corrected chi connectivity index (χ0v) is 28.5. The van der Waals surface area contributed by atoms with Crippen LogP contribution < -0.4 is 0 Å². The molecule has 0 radical (unpaired) electrons. The Kier molecular flexibility index (Phi) is 18.0. The molecule has 41 heavy (non-hydrogen) atoms. The van der Waals surface area contributed by atoms with Crippen molar-refractivity contribution in [1.29, 1.82) is 0 Å². The van der Waals surface area contributed by atoms with Gasteiger partial charge in [-0.15, -0.1) is 0 Å². The average Bonchev–Trinajstić information content (AvgIpc) is 3.82. The van der Waals surface area contributed by atoms with Gasteiger partial charge in [0.05, 0.1) is 53.1 Å². The number of epoxide rings is 2. The minimum atomic E-state index is -2.75. The summed E-state index contributed by atoms with van der Waals surface area (Å²) in [6.07, 6.45) is 26.4. The molecule has 7 heteroatoms. The van der Waals surface area contributed by atoms with Crippen LogP contribution >= 0.6 is 0 Å². The van der Waals surface area contributed by atoms with E-state index in [-0.39, 0.29) is 12.2 Å². The third-order valence-corrected chi connectivity index (χ3v) is 12.1. The highest BCUT2D eigenvalue weighted by atomic mass is 28.4. The van der Waals surface area contributed by atoms with Gasteiger partial charge in [-0.3, -0.25) is 0 Å². The maximum atomic E-state index is 6.61. The van der Waals surface area contributed by atoms with Crippen molar-refractivity contribution in [3.05, 3.63) is 0 Å². The fourth-order valence-corrected chi connectivity index (χ4v) is 8.55. The van der Waals surface area contributed by atoms with Crippen molar-refractivity contribution in [2.24, 2.45) is 5.92 Å². The second-order valence-corrected chi connectivity index (χ2v) is 16.5. The predicted octanol–water partition coefficient (Wildman–Crippen LogP) is 8.30. The third kappa shape index (κ3) is 17.8. The van der Waals surface area contributed by atoms with Crippen LogP contribution in [0.25, 0.3) is 0 Å². The number of quaternary nitrogens is 1. The normalized spacial score (nSPS) is 21.7. The molecular formula is C34H68NO5Si+. The Labute approximate surface area is 255 Å². The molecule has 2 unspecified atom stereocenters. The Morgan fingerprint density at radius 2 is 0.951 bits per heavy atom. The minimum absolute atomic E-state index is 0.233. The maximum absolute atomic E-state index is 6.61. The molecule has 0 spiro atoms. The van der Waals surface area contributed by atoms with E-state index in [2.05, 4.69) is 20.9 Å². The maximum Gasteiger partial charge on any atom is 0.501 e. The molecule has 1 aliphatic carbocycles. The quantitative estimate of drug-likeness (QED) is 0.0348. The van der Waals surface area contributed by atoms with Crippen LogP contribution in [0.5, 0.6) is 0 Å². The molecule has 0 aromatic carbocycles. The van der Waals surface area contributed by atoms with Gasteiger partial charge >= 0.3 is 8.80 Å². The molecule has 2 saturated heterocycles. The highest BCUT2D eigenvalue weighted by molar-refractivity contribution is 6.60. The van der Waals surface area contributed by atoms with E-state index in [4.69, 9.17) is 22.8 Å². The molecule has 0 N–H and O–H groups in total. The van der Waals surface area contributed by atoms with Gasteiger partial charge in [0.15, 0.2) is 0 Å². The lowest BCUT2D eigenvalue weighted by Crippen LogP contribution is -2.50. The highest BCUT2D eigenvalue weighted by Crippen LogP contribution is 2.32. The molecule has 3 aliphatic rings. The lowest BCUT2D eigenvalue weighted by molar-refractivity contribution is -0.910. The van der Waals surface area contributed by atoms with Crippen molar-refractivity contribution in [1.82, 2.24) is 0 Å². The lowest BCUT2D eigenvalue weighted by atomic mass is 10.1. The molecule has 2 aliphatic heterocycles. The van der Waals surface area contributed by atoms with Crippen molar-refractivity contribution < 1.29 is 27.2 Å². The Bertz CT molecular complexity index is 580. The smallest absolute Gasteiger partial charge is 0.373 e. The van der Waals surface area contributed by atoms with Gasteiger partial charge in [-0.1, -0.05) is 90.9 Å². The van der Waals surface area contributed by atoms with E-state index in [1.807, 2.05) is 0 Å². The Morgan fingerprint density at radius 1 is 0.561 bits per heavy atom. The van der Waals surface area contributed by atoms with E-state index in [1.54, 1.807) is 0 Å². The SMILES string of the molecule is CCCCCCCCCC[N+](C)(CCCCCCCCCC)CCC[Si](OCC1CC1)(OCC1CO1)OCC1CO1. The largest absolute Gasteiger partial charge is 0.501 e. The molecule has 2 atom stereocenters. The Hall–Kier alpha value is -0.0231. The Morgan fingerprint density at radius 3 is 1.37 bits per heavy atom. The van der Waals surface area contributed by atoms with Gasteiger partial charge in [0.25, 0.3) is 0 Å². The van der Waals surface area contributed by atoms with Crippen LogP contribution in [0.3, 0.4) is 0 Å². The lowest BCUT2D eigenvalue weighted by Gasteiger charge is -2.36. The first-order valence-electron chi connectivity index (χ1n) is 18.0. The van der Waals surface area contributed by atoms with E-state index in [1.165, 1.54) is 140 Å². The van der Waals surface area contributed by atoms with Crippen LogP contribution in [0.1, 0.15) is 136 Å². The van der Waals surface area contributed by atoms with Crippen molar-refractivity contribution in [3.63, 3.8) is 0 Å². The number of hydrogen-bond acceptors (Lipinski definition) is 5. The summed E-state index contributed by atoms with van der Waals surface area (Å²) >= 11 is 0. The third-order valence-electron chi connectivity index (χ3n) is 9.30. The van der Waals surface area contributed by atoms with Crippen molar-refractivity contribution in [2.45, 2.75) is 154 Å². The van der Waals surface area contributed by atoms with Crippen LogP contribution in [0.15, 0.2) is 0 Å². The predicted molar refractivity (Wildman–Crippen MR) is 171 cm³/mol. The summed E-state index contributed by atoms with van der Waals surface area (Å²) in [5.41, 5.74) is 0. The van der Waals surface area contributed by atoms with Crippen molar-refractivity contribution in [2.75, 3.05) is 59.7 Å². The van der Waals surface area contributed by atoms with Gasteiger partial charge in [0.2, 0.25) is 0 Å². The first kappa shape index (κ1) is 35.5.